The van der Waals surface area contributed by atoms with E-state index in [-0.39, 0.29) is 0 Å². The standard InChI is InChI=1S/C17H27N3O2/c1-19(2)6-8-22-12-15-10-18-9-14-11-20(5-3-17(14)15)16-4-7-21-13-16/h9-10,16H,3-8,11-13H2,1-2H3/t16-/m1/s1. The van der Waals surface area contributed by atoms with E-state index in [1.54, 1.807) is 0 Å². The second-order valence-corrected chi connectivity index (χ2v) is 6.53. The van der Waals surface area contributed by atoms with E-state index in [2.05, 4.69) is 28.9 Å². The maximum absolute atomic E-state index is 5.81. The van der Waals surface area contributed by atoms with Gasteiger partial charge in [0.15, 0.2) is 0 Å². The fourth-order valence-corrected chi connectivity index (χ4v) is 3.27. The fourth-order valence-electron chi connectivity index (χ4n) is 3.27. The quantitative estimate of drug-likeness (QED) is 0.741. The minimum atomic E-state index is 0.591. The summed E-state index contributed by atoms with van der Waals surface area (Å²) in [6.45, 7) is 6.32. The second-order valence-electron chi connectivity index (χ2n) is 6.53. The van der Waals surface area contributed by atoms with Crippen LogP contribution in [0.15, 0.2) is 12.4 Å². The van der Waals surface area contributed by atoms with Crippen LogP contribution in [-0.2, 0) is 29.0 Å². The van der Waals surface area contributed by atoms with Crippen molar-refractivity contribution in [2.75, 3.05) is 47.0 Å². The Balaban J connectivity index is 1.60. The Bertz CT molecular complexity index is 487. The molecule has 0 unspecified atom stereocenters. The maximum atomic E-state index is 5.81. The zero-order chi connectivity index (χ0) is 15.4. The van der Waals surface area contributed by atoms with E-state index < -0.39 is 0 Å². The first-order valence-corrected chi connectivity index (χ1v) is 8.23. The van der Waals surface area contributed by atoms with Gasteiger partial charge in [0.05, 0.1) is 19.8 Å². The third kappa shape index (κ3) is 3.84. The van der Waals surface area contributed by atoms with Crippen LogP contribution in [0.2, 0.25) is 0 Å². The van der Waals surface area contributed by atoms with Gasteiger partial charge < -0.3 is 14.4 Å². The van der Waals surface area contributed by atoms with Gasteiger partial charge >= 0.3 is 0 Å². The van der Waals surface area contributed by atoms with Crippen LogP contribution in [0.25, 0.3) is 0 Å². The zero-order valence-corrected chi connectivity index (χ0v) is 13.8. The molecule has 1 aromatic rings. The molecule has 22 heavy (non-hydrogen) atoms. The number of nitrogens with zero attached hydrogens (tertiary/aromatic N) is 3. The number of fused-ring (bicyclic) bond motifs is 1. The molecule has 0 N–H and O–H groups in total. The average molecular weight is 305 g/mol. The van der Waals surface area contributed by atoms with Crippen LogP contribution in [0.4, 0.5) is 0 Å². The van der Waals surface area contributed by atoms with Gasteiger partial charge in [-0.3, -0.25) is 9.88 Å². The lowest BCUT2D eigenvalue weighted by atomic mass is 9.96. The van der Waals surface area contributed by atoms with Gasteiger partial charge in [0.2, 0.25) is 0 Å². The van der Waals surface area contributed by atoms with Crippen molar-refractivity contribution < 1.29 is 9.47 Å². The van der Waals surface area contributed by atoms with Crippen LogP contribution < -0.4 is 0 Å². The maximum Gasteiger partial charge on any atom is 0.0735 e. The number of hydrogen-bond acceptors (Lipinski definition) is 5. The van der Waals surface area contributed by atoms with E-state index in [9.17, 15) is 0 Å². The van der Waals surface area contributed by atoms with Gasteiger partial charge in [-0.15, -0.1) is 0 Å². The summed E-state index contributed by atoms with van der Waals surface area (Å²) in [5.41, 5.74) is 4.08. The molecule has 2 aliphatic heterocycles. The first-order chi connectivity index (χ1) is 10.7. The monoisotopic (exact) mass is 305 g/mol. The Morgan fingerprint density at radius 1 is 1.41 bits per heavy atom. The number of ether oxygens (including phenoxy) is 2. The molecular formula is C17H27N3O2. The molecule has 1 aromatic heterocycles. The Labute approximate surface area is 133 Å². The molecule has 0 bridgehead atoms. The predicted molar refractivity (Wildman–Crippen MR) is 85.8 cm³/mol. The van der Waals surface area contributed by atoms with E-state index >= 15 is 0 Å². The number of rotatable bonds is 6. The van der Waals surface area contributed by atoms with Gasteiger partial charge in [-0.25, -0.2) is 0 Å². The molecule has 0 radical (unpaired) electrons. The summed E-state index contributed by atoms with van der Waals surface area (Å²) in [5.74, 6) is 0. The van der Waals surface area contributed by atoms with Gasteiger partial charge in [0, 0.05) is 44.7 Å². The van der Waals surface area contributed by atoms with Crippen LogP contribution in [0.3, 0.4) is 0 Å². The molecule has 0 aromatic carbocycles. The van der Waals surface area contributed by atoms with Gasteiger partial charge in [0.1, 0.15) is 0 Å². The average Bonchev–Trinajstić information content (AvgIpc) is 3.05. The van der Waals surface area contributed by atoms with Crippen LogP contribution in [-0.4, -0.2) is 67.8 Å². The third-order valence-corrected chi connectivity index (χ3v) is 4.62. The van der Waals surface area contributed by atoms with Crippen LogP contribution in [0.1, 0.15) is 23.1 Å². The van der Waals surface area contributed by atoms with E-state index in [0.29, 0.717) is 12.6 Å². The molecule has 3 rings (SSSR count). The molecule has 1 saturated heterocycles. The topological polar surface area (TPSA) is 37.8 Å². The summed E-state index contributed by atoms with van der Waals surface area (Å²) in [6, 6.07) is 0.591. The van der Waals surface area contributed by atoms with Crippen LogP contribution >= 0.6 is 0 Å². The van der Waals surface area contributed by atoms with E-state index in [1.807, 2.05) is 12.4 Å². The van der Waals surface area contributed by atoms with Gasteiger partial charge in [-0.1, -0.05) is 0 Å². The molecule has 5 heteroatoms. The number of pyridine rings is 1. The predicted octanol–water partition coefficient (Wildman–Crippen LogP) is 1.31. The highest BCUT2D eigenvalue weighted by Gasteiger charge is 2.27. The van der Waals surface area contributed by atoms with Crippen molar-refractivity contribution in [1.82, 2.24) is 14.8 Å². The fraction of sp³-hybridized carbons (Fsp3) is 0.706. The molecule has 0 amide bonds. The van der Waals surface area contributed by atoms with E-state index in [0.717, 1.165) is 52.3 Å². The summed E-state index contributed by atoms with van der Waals surface area (Å²) in [5, 5.41) is 0. The molecule has 3 heterocycles. The summed E-state index contributed by atoms with van der Waals surface area (Å²) >= 11 is 0. The lowest BCUT2D eigenvalue weighted by Crippen LogP contribution is -2.40. The van der Waals surface area contributed by atoms with Crippen molar-refractivity contribution in [3.8, 4) is 0 Å². The number of hydrogen-bond donors (Lipinski definition) is 0. The number of likely N-dealkylation sites (N-methyl/N-ethyl adjacent to an activating group) is 1. The van der Waals surface area contributed by atoms with Crippen molar-refractivity contribution in [2.45, 2.75) is 32.0 Å². The van der Waals surface area contributed by atoms with Gasteiger partial charge in [-0.2, -0.15) is 0 Å². The van der Waals surface area contributed by atoms with Crippen molar-refractivity contribution in [2.24, 2.45) is 0 Å². The normalized spacial score (nSPS) is 22.2. The number of aromatic nitrogens is 1. The molecule has 0 saturated carbocycles. The molecule has 2 aliphatic rings. The van der Waals surface area contributed by atoms with Crippen molar-refractivity contribution in [1.29, 1.82) is 0 Å². The van der Waals surface area contributed by atoms with E-state index in [1.165, 1.54) is 16.7 Å². The Morgan fingerprint density at radius 2 is 2.32 bits per heavy atom. The molecule has 0 aliphatic carbocycles. The van der Waals surface area contributed by atoms with Crippen LogP contribution in [0.5, 0.6) is 0 Å². The molecule has 122 valence electrons. The van der Waals surface area contributed by atoms with Gasteiger partial charge in [0.25, 0.3) is 0 Å². The highest BCUT2D eigenvalue weighted by molar-refractivity contribution is 5.33. The van der Waals surface area contributed by atoms with Crippen molar-refractivity contribution in [3.63, 3.8) is 0 Å². The van der Waals surface area contributed by atoms with E-state index in [4.69, 9.17) is 9.47 Å². The summed E-state index contributed by atoms with van der Waals surface area (Å²) in [7, 11) is 4.13. The minimum absolute atomic E-state index is 0.591. The molecule has 1 atom stereocenters. The third-order valence-electron chi connectivity index (χ3n) is 4.62. The lowest BCUT2D eigenvalue weighted by molar-refractivity contribution is 0.103. The van der Waals surface area contributed by atoms with Crippen molar-refractivity contribution >= 4 is 0 Å². The molecule has 0 spiro atoms. The highest BCUT2D eigenvalue weighted by atomic mass is 16.5. The minimum Gasteiger partial charge on any atom is -0.380 e. The van der Waals surface area contributed by atoms with Crippen molar-refractivity contribution in [3.05, 3.63) is 29.1 Å². The van der Waals surface area contributed by atoms with Gasteiger partial charge in [-0.05, 0) is 43.6 Å². The summed E-state index contributed by atoms with van der Waals surface area (Å²) in [6.07, 6.45) is 6.26. The SMILES string of the molecule is CN(C)CCOCc1cncc2c1CCN([C@@H]1CCOC1)C2. The lowest BCUT2D eigenvalue weighted by Gasteiger charge is -2.33. The molecule has 1 fully saturated rings. The Kier molecular flexibility index (Phi) is 5.41. The Hall–Kier alpha value is -1.01. The first kappa shape index (κ1) is 15.9. The largest absolute Gasteiger partial charge is 0.380 e. The summed E-state index contributed by atoms with van der Waals surface area (Å²) in [4.78, 5) is 9.11. The smallest absolute Gasteiger partial charge is 0.0735 e. The summed E-state index contributed by atoms with van der Waals surface area (Å²) < 4.78 is 11.3. The molecule has 5 nitrogen and oxygen atoms in total. The van der Waals surface area contributed by atoms with Crippen LogP contribution in [0, 0.1) is 0 Å². The Morgan fingerprint density at radius 3 is 3.09 bits per heavy atom. The zero-order valence-electron chi connectivity index (χ0n) is 13.8. The second kappa shape index (κ2) is 7.51. The molecular weight excluding hydrogens is 278 g/mol. The highest BCUT2D eigenvalue weighted by Crippen LogP contribution is 2.25. The first-order valence-electron chi connectivity index (χ1n) is 8.23.